The van der Waals surface area contributed by atoms with Gasteiger partial charge in [0, 0.05) is 12.1 Å². The number of carbonyl (C=O) groups excluding carboxylic acids is 2. The van der Waals surface area contributed by atoms with E-state index in [-0.39, 0.29) is 18.2 Å². The van der Waals surface area contributed by atoms with Crippen molar-refractivity contribution in [1.29, 1.82) is 0 Å². The van der Waals surface area contributed by atoms with Gasteiger partial charge in [-0.15, -0.1) is 6.58 Å². The van der Waals surface area contributed by atoms with Gasteiger partial charge in [-0.3, -0.25) is 14.4 Å². The van der Waals surface area contributed by atoms with Crippen LogP contribution >= 0.6 is 0 Å². The van der Waals surface area contributed by atoms with Crippen LogP contribution in [0.15, 0.2) is 36.9 Å². The topological polar surface area (TPSA) is 95.5 Å². The predicted molar refractivity (Wildman–Crippen MR) is 78.9 cm³/mol. The summed E-state index contributed by atoms with van der Waals surface area (Å²) >= 11 is 0. The molecule has 0 fully saturated rings. The molecule has 0 saturated heterocycles. The molecule has 0 atom stereocenters. The highest BCUT2D eigenvalue weighted by atomic mass is 16.4. The molecule has 6 heteroatoms. The minimum Gasteiger partial charge on any atom is -0.480 e. The summed E-state index contributed by atoms with van der Waals surface area (Å²) < 4.78 is 0. The predicted octanol–water partition coefficient (Wildman–Crippen LogP) is 1.33. The minimum atomic E-state index is -1.08. The van der Waals surface area contributed by atoms with Crippen molar-refractivity contribution in [3.05, 3.63) is 42.5 Å². The van der Waals surface area contributed by atoms with Gasteiger partial charge in [-0.2, -0.15) is 0 Å². The van der Waals surface area contributed by atoms with Crippen LogP contribution in [0.1, 0.15) is 18.4 Å². The summed E-state index contributed by atoms with van der Waals surface area (Å²) in [4.78, 5) is 33.3. The molecule has 1 aromatic carbocycles. The molecule has 0 radical (unpaired) electrons. The zero-order valence-electron chi connectivity index (χ0n) is 11.6. The van der Waals surface area contributed by atoms with Gasteiger partial charge in [0.05, 0.1) is 6.42 Å². The Morgan fingerprint density at radius 2 is 1.81 bits per heavy atom. The van der Waals surface area contributed by atoms with Crippen LogP contribution in [0.3, 0.4) is 0 Å². The number of nitrogens with one attached hydrogen (secondary N) is 2. The second-order valence-corrected chi connectivity index (χ2v) is 4.42. The second-order valence-electron chi connectivity index (χ2n) is 4.42. The van der Waals surface area contributed by atoms with Crippen molar-refractivity contribution in [2.24, 2.45) is 0 Å². The number of amides is 2. The number of rotatable bonds is 8. The second kappa shape index (κ2) is 8.52. The Balaban J connectivity index is 2.46. The van der Waals surface area contributed by atoms with Crippen molar-refractivity contribution in [2.45, 2.75) is 19.3 Å². The molecule has 0 aliphatic heterocycles. The first-order valence-electron chi connectivity index (χ1n) is 6.49. The maximum absolute atomic E-state index is 11.5. The monoisotopic (exact) mass is 290 g/mol. The van der Waals surface area contributed by atoms with Crippen molar-refractivity contribution in [1.82, 2.24) is 5.32 Å². The van der Waals surface area contributed by atoms with E-state index in [1.807, 2.05) is 0 Å². The van der Waals surface area contributed by atoms with Crippen molar-refractivity contribution in [3.8, 4) is 0 Å². The molecule has 1 rings (SSSR count). The van der Waals surface area contributed by atoms with Gasteiger partial charge in [-0.1, -0.05) is 18.2 Å². The average molecular weight is 290 g/mol. The number of aliphatic carboxylic acids is 1. The number of benzene rings is 1. The van der Waals surface area contributed by atoms with Gasteiger partial charge in [0.25, 0.3) is 0 Å². The summed E-state index contributed by atoms with van der Waals surface area (Å²) in [6.07, 6.45) is 2.77. The third-order valence-corrected chi connectivity index (χ3v) is 2.61. The molecule has 0 bridgehead atoms. The van der Waals surface area contributed by atoms with Crippen LogP contribution in [-0.4, -0.2) is 29.4 Å². The fourth-order valence-corrected chi connectivity index (χ4v) is 1.58. The maximum Gasteiger partial charge on any atom is 0.322 e. The summed E-state index contributed by atoms with van der Waals surface area (Å²) in [6.45, 7) is 3.16. The fraction of sp³-hybridized carbons (Fsp3) is 0.267. The third kappa shape index (κ3) is 6.91. The van der Waals surface area contributed by atoms with Crippen LogP contribution in [0.25, 0.3) is 0 Å². The number of allylic oxidation sites excluding steroid dienone is 1. The SMILES string of the molecule is C=CCCC(=O)Nc1ccc(CC(=O)NCC(=O)O)cc1. The lowest BCUT2D eigenvalue weighted by molar-refractivity contribution is -0.137. The molecule has 2 amide bonds. The summed E-state index contributed by atoms with van der Waals surface area (Å²) in [6, 6.07) is 6.82. The molecule has 0 aliphatic rings. The minimum absolute atomic E-state index is 0.0952. The number of carboxylic acid groups (broad SMARTS) is 1. The Morgan fingerprint density at radius 1 is 1.14 bits per heavy atom. The molecule has 0 aromatic heterocycles. The smallest absolute Gasteiger partial charge is 0.322 e. The van der Waals surface area contributed by atoms with Gasteiger partial charge in [0.1, 0.15) is 6.54 Å². The molecule has 112 valence electrons. The van der Waals surface area contributed by atoms with Gasteiger partial charge in [-0.25, -0.2) is 0 Å². The Labute approximate surface area is 122 Å². The quantitative estimate of drug-likeness (QED) is 0.629. The van der Waals surface area contributed by atoms with Crippen LogP contribution in [0.5, 0.6) is 0 Å². The molecule has 0 saturated carbocycles. The van der Waals surface area contributed by atoms with Gasteiger partial charge in [-0.05, 0) is 24.1 Å². The molecule has 21 heavy (non-hydrogen) atoms. The van der Waals surface area contributed by atoms with E-state index in [0.29, 0.717) is 18.5 Å². The molecular formula is C15H18N2O4. The van der Waals surface area contributed by atoms with Crippen LogP contribution in [0, 0.1) is 0 Å². The van der Waals surface area contributed by atoms with Crippen LogP contribution in [0.4, 0.5) is 5.69 Å². The van der Waals surface area contributed by atoms with E-state index in [1.54, 1.807) is 30.3 Å². The molecule has 0 unspecified atom stereocenters. The lowest BCUT2D eigenvalue weighted by atomic mass is 10.1. The highest BCUT2D eigenvalue weighted by Gasteiger charge is 2.06. The summed E-state index contributed by atoms with van der Waals surface area (Å²) in [5, 5.41) is 13.5. The molecule has 6 nitrogen and oxygen atoms in total. The standard InChI is InChI=1S/C15H18N2O4/c1-2-3-4-13(18)17-12-7-5-11(6-8-12)9-14(19)16-10-15(20)21/h2,5-8H,1,3-4,9-10H2,(H,16,19)(H,17,18)(H,20,21). The van der Waals surface area contributed by atoms with Gasteiger partial charge in [0.15, 0.2) is 0 Å². The van der Waals surface area contributed by atoms with E-state index in [4.69, 9.17) is 5.11 Å². The van der Waals surface area contributed by atoms with Crippen molar-refractivity contribution in [2.75, 3.05) is 11.9 Å². The zero-order chi connectivity index (χ0) is 15.7. The summed E-state index contributed by atoms with van der Waals surface area (Å²) in [5.74, 6) is -1.54. The zero-order valence-corrected chi connectivity index (χ0v) is 11.6. The number of hydrogen-bond donors (Lipinski definition) is 3. The van der Waals surface area contributed by atoms with Gasteiger partial charge < -0.3 is 15.7 Å². The number of carboxylic acids is 1. The summed E-state index contributed by atoms with van der Waals surface area (Å²) in [5.41, 5.74) is 1.39. The van der Waals surface area contributed by atoms with Crippen molar-refractivity contribution < 1.29 is 19.5 Å². The van der Waals surface area contributed by atoms with E-state index in [0.717, 1.165) is 5.56 Å². The normalized spacial score (nSPS) is 9.71. The first kappa shape index (κ1) is 16.4. The summed E-state index contributed by atoms with van der Waals surface area (Å²) in [7, 11) is 0. The fourth-order valence-electron chi connectivity index (χ4n) is 1.58. The van der Waals surface area contributed by atoms with E-state index in [2.05, 4.69) is 17.2 Å². The molecule has 1 aromatic rings. The molecule has 0 heterocycles. The molecule has 0 aliphatic carbocycles. The molecule has 0 spiro atoms. The Bertz CT molecular complexity index is 523. The molecular weight excluding hydrogens is 272 g/mol. The van der Waals surface area contributed by atoms with Crippen molar-refractivity contribution in [3.63, 3.8) is 0 Å². The van der Waals surface area contributed by atoms with Crippen LogP contribution < -0.4 is 10.6 Å². The largest absolute Gasteiger partial charge is 0.480 e. The highest BCUT2D eigenvalue weighted by molar-refractivity contribution is 5.90. The van der Waals surface area contributed by atoms with Gasteiger partial charge >= 0.3 is 5.97 Å². The van der Waals surface area contributed by atoms with E-state index >= 15 is 0 Å². The Hall–Kier alpha value is -2.63. The molecule has 3 N–H and O–H groups in total. The highest BCUT2D eigenvalue weighted by Crippen LogP contribution is 2.10. The van der Waals surface area contributed by atoms with Crippen LogP contribution in [-0.2, 0) is 20.8 Å². The number of anilines is 1. The number of carbonyl (C=O) groups is 3. The maximum atomic E-state index is 11.5. The Kier molecular flexibility index (Phi) is 6.67. The van der Waals surface area contributed by atoms with E-state index in [1.165, 1.54) is 0 Å². The third-order valence-electron chi connectivity index (χ3n) is 2.61. The lowest BCUT2D eigenvalue weighted by Gasteiger charge is -2.06. The van der Waals surface area contributed by atoms with E-state index < -0.39 is 12.5 Å². The lowest BCUT2D eigenvalue weighted by Crippen LogP contribution is -2.30. The Morgan fingerprint density at radius 3 is 2.38 bits per heavy atom. The van der Waals surface area contributed by atoms with Crippen molar-refractivity contribution >= 4 is 23.5 Å². The first-order valence-corrected chi connectivity index (χ1v) is 6.49. The average Bonchev–Trinajstić information content (AvgIpc) is 2.45. The number of hydrogen-bond acceptors (Lipinski definition) is 3. The van der Waals surface area contributed by atoms with E-state index in [9.17, 15) is 14.4 Å². The first-order chi connectivity index (χ1) is 10.0. The van der Waals surface area contributed by atoms with Crippen LogP contribution in [0.2, 0.25) is 0 Å². The van der Waals surface area contributed by atoms with Gasteiger partial charge in [0.2, 0.25) is 11.8 Å².